The SMILES string of the molecule is C#CC1CCCC(OC(C)=O)O1. The third kappa shape index (κ3) is 2.55. The van der Waals surface area contributed by atoms with Crippen molar-refractivity contribution < 1.29 is 14.3 Å². The van der Waals surface area contributed by atoms with Crippen LogP contribution in [0.1, 0.15) is 26.2 Å². The third-order valence-electron chi connectivity index (χ3n) is 1.71. The second-order valence-corrected chi connectivity index (χ2v) is 2.76. The molecule has 1 fully saturated rings. The number of rotatable bonds is 1. The number of ether oxygens (including phenoxy) is 2. The predicted molar refractivity (Wildman–Crippen MR) is 43.1 cm³/mol. The summed E-state index contributed by atoms with van der Waals surface area (Å²) in [7, 11) is 0. The van der Waals surface area contributed by atoms with Crippen LogP contribution in [0, 0.1) is 12.3 Å². The summed E-state index contributed by atoms with van der Waals surface area (Å²) in [6, 6.07) is 0. The molecule has 0 bridgehead atoms. The van der Waals surface area contributed by atoms with E-state index in [2.05, 4.69) is 5.92 Å². The van der Waals surface area contributed by atoms with Crippen molar-refractivity contribution in [1.29, 1.82) is 0 Å². The number of hydrogen-bond donors (Lipinski definition) is 0. The molecule has 1 heterocycles. The Morgan fingerprint density at radius 1 is 1.67 bits per heavy atom. The van der Waals surface area contributed by atoms with Gasteiger partial charge in [0.15, 0.2) is 0 Å². The molecule has 2 unspecified atom stereocenters. The van der Waals surface area contributed by atoms with E-state index in [1.54, 1.807) is 0 Å². The molecule has 0 N–H and O–H groups in total. The maximum Gasteiger partial charge on any atom is 0.304 e. The van der Waals surface area contributed by atoms with E-state index in [9.17, 15) is 4.79 Å². The van der Waals surface area contributed by atoms with E-state index < -0.39 is 6.29 Å². The first-order chi connectivity index (χ1) is 5.72. The molecule has 0 saturated carbocycles. The van der Waals surface area contributed by atoms with Crippen LogP contribution in [0.4, 0.5) is 0 Å². The Balaban J connectivity index is 2.36. The Labute approximate surface area is 72.0 Å². The van der Waals surface area contributed by atoms with Crippen molar-refractivity contribution in [3.63, 3.8) is 0 Å². The summed E-state index contributed by atoms with van der Waals surface area (Å²) in [6.07, 6.45) is 7.11. The molecule has 1 saturated heterocycles. The van der Waals surface area contributed by atoms with Crippen LogP contribution >= 0.6 is 0 Å². The lowest BCUT2D eigenvalue weighted by atomic mass is 10.1. The van der Waals surface area contributed by atoms with Crippen LogP contribution in [0.2, 0.25) is 0 Å². The Hall–Kier alpha value is -1.01. The molecule has 0 aliphatic carbocycles. The first-order valence-electron chi connectivity index (χ1n) is 4.01. The molecule has 1 aliphatic rings. The van der Waals surface area contributed by atoms with Gasteiger partial charge in [-0.1, -0.05) is 5.92 Å². The summed E-state index contributed by atoms with van der Waals surface area (Å²) >= 11 is 0. The van der Waals surface area contributed by atoms with Crippen molar-refractivity contribution >= 4 is 5.97 Å². The van der Waals surface area contributed by atoms with Gasteiger partial charge >= 0.3 is 5.97 Å². The molecular formula is C9H12O3. The van der Waals surface area contributed by atoms with Crippen LogP contribution in [0.25, 0.3) is 0 Å². The van der Waals surface area contributed by atoms with Crippen molar-refractivity contribution in [3.05, 3.63) is 0 Å². The first-order valence-corrected chi connectivity index (χ1v) is 4.01. The zero-order valence-electron chi connectivity index (χ0n) is 7.08. The topological polar surface area (TPSA) is 35.5 Å². The summed E-state index contributed by atoms with van der Waals surface area (Å²) in [5.41, 5.74) is 0. The molecule has 0 aromatic carbocycles. The highest BCUT2D eigenvalue weighted by Gasteiger charge is 2.22. The highest BCUT2D eigenvalue weighted by atomic mass is 16.7. The van der Waals surface area contributed by atoms with Gasteiger partial charge in [-0.3, -0.25) is 4.79 Å². The fraction of sp³-hybridized carbons (Fsp3) is 0.667. The van der Waals surface area contributed by atoms with Crippen LogP contribution in [0.5, 0.6) is 0 Å². The smallest absolute Gasteiger partial charge is 0.304 e. The number of terminal acetylenes is 1. The molecule has 3 nitrogen and oxygen atoms in total. The van der Waals surface area contributed by atoms with E-state index in [4.69, 9.17) is 15.9 Å². The van der Waals surface area contributed by atoms with Gasteiger partial charge in [0.2, 0.25) is 6.29 Å². The highest BCUT2D eigenvalue weighted by molar-refractivity contribution is 5.66. The fourth-order valence-corrected chi connectivity index (χ4v) is 1.18. The first kappa shape index (κ1) is 9.08. The van der Waals surface area contributed by atoms with Gasteiger partial charge < -0.3 is 9.47 Å². The molecule has 0 aromatic heterocycles. The lowest BCUT2D eigenvalue weighted by Crippen LogP contribution is -2.29. The number of hydrogen-bond acceptors (Lipinski definition) is 3. The molecule has 1 rings (SSSR count). The van der Waals surface area contributed by atoms with Crippen LogP contribution < -0.4 is 0 Å². The van der Waals surface area contributed by atoms with Crippen molar-refractivity contribution in [2.45, 2.75) is 38.6 Å². The number of esters is 1. The number of carbonyl (C=O) groups is 1. The normalized spacial score (nSPS) is 29.0. The molecular weight excluding hydrogens is 156 g/mol. The average molecular weight is 168 g/mol. The van der Waals surface area contributed by atoms with Gasteiger partial charge in [-0.25, -0.2) is 0 Å². The van der Waals surface area contributed by atoms with E-state index in [1.165, 1.54) is 6.92 Å². The van der Waals surface area contributed by atoms with E-state index in [0.29, 0.717) is 0 Å². The molecule has 0 aromatic rings. The Morgan fingerprint density at radius 2 is 2.42 bits per heavy atom. The molecule has 3 heteroatoms. The quantitative estimate of drug-likeness (QED) is 0.434. The standard InChI is InChI=1S/C9H12O3/c1-3-8-5-4-6-9(12-8)11-7(2)10/h1,8-9H,4-6H2,2H3. The van der Waals surface area contributed by atoms with E-state index in [1.807, 2.05) is 0 Å². The lowest BCUT2D eigenvalue weighted by Gasteiger charge is -2.26. The van der Waals surface area contributed by atoms with E-state index >= 15 is 0 Å². The molecule has 0 spiro atoms. The van der Waals surface area contributed by atoms with Crippen molar-refractivity contribution in [1.82, 2.24) is 0 Å². The van der Waals surface area contributed by atoms with Gasteiger partial charge in [0, 0.05) is 13.3 Å². The summed E-state index contributed by atoms with van der Waals surface area (Å²) in [5.74, 6) is 2.17. The minimum absolute atomic E-state index is 0.192. The molecule has 2 atom stereocenters. The fourth-order valence-electron chi connectivity index (χ4n) is 1.18. The Bertz CT molecular complexity index is 204. The minimum Gasteiger partial charge on any atom is -0.436 e. The van der Waals surface area contributed by atoms with Gasteiger partial charge in [-0.2, -0.15) is 0 Å². The van der Waals surface area contributed by atoms with Crippen LogP contribution in [0.15, 0.2) is 0 Å². The summed E-state index contributed by atoms with van der Waals surface area (Å²) < 4.78 is 10.1. The van der Waals surface area contributed by atoms with Gasteiger partial charge in [0.05, 0.1) is 0 Å². The maximum absolute atomic E-state index is 10.6. The van der Waals surface area contributed by atoms with Gasteiger partial charge in [-0.15, -0.1) is 6.42 Å². The zero-order valence-corrected chi connectivity index (χ0v) is 7.08. The zero-order chi connectivity index (χ0) is 8.97. The van der Waals surface area contributed by atoms with Crippen LogP contribution in [-0.4, -0.2) is 18.4 Å². The molecule has 0 radical (unpaired) electrons. The molecule has 1 aliphatic heterocycles. The molecule has 12 heavy (non-hydrogen) atoms. The Morgan fingerprint density at radius 3 is 3.00 bits per heavy atom. The highest BCUT2D eigenvalue weighted by Crippen LogP contribution is 2.19. The minimum atomic E-state index is -0.433. The second-order valence-electron chi connectivity index (χ2n) is 2.76. The third-order valence-corrected chi connectivity index (χ3v) is 1.71. The van der Waals surface area contributed by atoms with Gasteiger partial charge in [0.1, 0.15) is 6.10 Å². The Kier molecular flexibility index (Phi) is 3.12. The second kappa shape index (κ2) is 4.13. The summed E-state index contributed by atoms with van der Waals surface area (Å²) in [4.78, 5) is 10.6. The van der Waals surface area contributed by atoms with Crippen molar-refractivity contribution in [2.75, 3.05) is 0 Å². The molecule has 66 valence electrons. The van der Waals surface area contributed by atoms with Crippen LogP contribution in [-0.2, 0) is 14.3 Å². The van der Waals surface area contributed by atoms with Crippen molar-refractivity contribution in [2.24, 2.45) is 0 Å². The molecule has 0 amide bonds. The average Bonchev–Trinajstić information content (AvgIpc) is 2.03. The monoisotopic (exact) mass is 168 g/mol. The summed E-state index contributed by atoms with van der Waals surface area (Å²) in [6.45, 7) is 1.36. The van der Waals surface area contributed by atoms with Gasteiger partial charge in [-0.05, 0) is 12.8 Å². The van der Waals surface area contributed by atoms with Crippen molar-refractivity contribution in [3.8, 4) is 12.3 Å². The largest absolute Gasteiger partial charge is 0.436 e. The predicted octanol–water partition coefficient (Wildman–Crippen LogP) is 1.08. The van der Waals surface area contributed by atoms with Crippen LogP contribution in [0.3, 0.4) is 0 Å². The summed E-state index contributed by atoms with van der Waals surface area (Å²) in [5, 5.41) is 0. The van der Waals surface area contributed by atoms with E-state index in [0.717, 1.165) is 19.3 Å². The lowest BCUT2D eigenvalue weighted by molar-refractivity contribution is -0.192. The maximum atomic E-state index is 10.6. The number of carbonyl (C=O) groups excluding carboxylic acids is 1. The van der Waals surface area contributed by atoms with E-state index in [-0.39, 0.29) is 12.1 Å². The van der Waals surface area contributed by atoms with Gasteiger partial charge in [0.25, 0.3) is 0 Å².